The fraction of sp³-hybridized carbons (Fsp3) is 0.405. The van der Waals surface area contributed by atoms with Gasteiger partial charge in [-0.1, -0.05) is 119 Å². The highest BCUT2D eigenvalue weighted by Gasteiger charge is 2.20. The summed E-state index contributed by atoms with van der Waals surface area (Å²) in [5.41, 5.74) is 8.59. The molecule has 5 rings (SSSR count). The Balaban J connectivity index is 1.77. The highest BCUT2D eigenvalue weighted by Crippen LogP contribution is 2.40. The molecule has 0 unspecified atom stereocenters. The second kappa shape index (κ2) is 12.7. The van der Waals surface area contributed by atoms with Crippen molar-refractivity contribution in [1.82, 2.24) is 4.57 Å². The third-order valence-corrected chi connectivity index (χ3v) is 8.91. The lowest BCUT2D eigenvalue weighted by Crippen LogP contribution is -2.06. The van der Waals surface area contributed by atoms with Gasteiger partial charge in [0.15, 0.2) is 0 Å². The Hall–Kier alpha value is -2.58. The van der Waals surface area contributed by atoms with Gasteiger partial charge in [-0.15, -0.1) is 0 Å². The van der Waals surface area contributed by atoms with Gasteiger partial charge in [0.05, 0.1) is 11.0 Å². The van der Waals surface area contributed by atoms with Crippen LogP contribution in [0.1, 0.15) is 102 Å². The van der Waals surface area contributed by atoms with Gasteiger partial charge < -0.3 is 4.57 Å². The van der Waals surface area contributed by atoms with E-state index in [1.807, 2.05) is 0 Å². The smallest absolute Gasteiger partial charge is 0.0547 e. The maximum Gasteiger partial charge on any atom is 0.0547 e. The van der Waals surface area contributed by atoms with Gasteiger partial charge in [0.25, 0.3) is 0 Å². The summed E-state index contributed by atoms with van der Waals surface area (Å²) in [6.45, 7) is 9.34. The summed E-state index contributed by atoms with van der Waals surface area (Å²) in [7, 11) is 0. The monoisotopic (exact) mass is 581 g/mol. The van der Waals surface area contributed by atoms with E-state index in [0.29, 0.717) is 5.92 Å². The topological polar surface area (TPSA) is 4.93 Å². The minimum atomic E-state index is 0.535. The average Bonchev–Trinajstić information content (AvgIpc) is 3.27. The maximum absolute atomic E-state index is 3.78. The van der Waals surface area contributed by atoms with E-state index in [9.17, 15) is 0 Å². The minimum absolute atomic E-state index is 0.535. The molecular formula is C37H44BrN. The Labute approximate surface area is 243 Å². The first kappa shape index (κ1) is 28.0. The van der Waals surface area contributed by atoms with Gasteiger partial charge in [-0.05, 0) is 89.4 Å². The maximum atomic E-state index is 3.78. The fourth-order valence-corrected chi connectivity index (χ4v) is 6.73. The van der Waals surface area contributed by atoms with E-state index in [1.165, 1.54) is 102 Å². The third-order valence-electron chi connectivity index (χ3n) is 8.42. The Morgan fingerprint density at radius 2 is 1.36 bits per heavy atom. The molecule has 0 aliphatic rings. The lowest BCUT2D eigenvalue weighted by atomic mass is 9.89. The zero-order valence-electron chi connectivity index (χ0n) is 24.3. The van der Waals surface area contributed by atoms with Gasteiger partial charge in [-0.3, -0.25) is 0 Å². The zero-order valence-corrected chi connectivity index (χ0v) is 25.9. The van der Waals surface area contributed by atoms with Crippen LogP contribution in [0.15, 0.2) is 71.2 Å². The molecule has 0 saturated carbocycles. The molecule has 2 heteroatoms. The van der Waals surface area contributed by atoms with Crippen LogP contribution in [0, 0.1) is 0 Å². The van der Waals surface area contributed by atoms with Crippen molar-refractivity contribution in [3.8, 4) is 5.69 Å². The van der Waals surface area contributed by atoms with Crippen LogP contribution in [0.25, 0.3) is 38.3 Å². The van der Waals surface area contributed by atoms with Crippen LogP contribution in [0.2, 0.25) is 0 Å². The number of hydrogen-bond acceptors (Lipinski definition) is 0. The van der Waals surface area contributed by atoms with Crippen LogP contribution in [0.5, 0.6) is 0 Å². The quantitative estimate of drug-likeness (QED) is 0.129. The first-order valence-corrected chi connectivity index (χ1v) is 16.1. The summed E-state index contributed by atoms with van der Waals surface area (Å²) in [5, 5.41) is 5.32. The van der Waals surface area contributed by atoms with Crippen molar-refractivity contribution >= 4 is 48.5 Å². The number of aryl methyl sites for hydroxylation is 2. The second-order valence-corrected chi connectivity index (χ2v) is 12.5. The summed E-state index contributed by atoms with van der Waals surface area (Å²) in [6, 6.07) is 25.5. The molecule has 1 nitrogen and oxygen atoms in total. The molecule has 0 saturated heterocycles. The number of benzene rings is 4. The van der Waals surface area contributed by atoms with Crippen LogP contribution < -0.4 is 0 Å². The predicted octanol–water partition coefficient (Wildman–Crippen LogP) is 12.1. The van der Waals surface area contributed by atoms with Crippen molar-refractivity contribution in [3.63, 3.8) is 0 Å². The standard InChI is InChI=1S/C37H44BrN/c1-5-7-9-11-16-28-24-36(29(17-12-10-8-6-2)23-32(28)26(3)4)39-34-22-20-30(38)25-33(34)37-31-18-14-13-15-27(31)19-21-35(37)39/h13-15,18-26H,5-12,16-17H2,1-4H3. The van der Waals surface area contributed by atoms with Gasteiger partial charge >= 0.3 is 0 Å². The minimum Gasteiger partial charge on any atom is -0.309 e. The predicted molar refractivity (Wildman–Crippen MR) is 176 cm³/mol. The molecule has 1 heterocycles. The number of halogens is 1. The summed E-state index contributed by atoms with van der Waals surface area (Å²) in [5.74, 6) is 0.535. The van der Waals surface area contributed by atoms with Crippen LogP contribution >= 0.6 is 15.9 Å². The van der Waals surface area contributed by atoms with Gasteiger partial charge in [-0.2, -0.15) is 0 Å². The average molecular weight is 583 g/mol. The highest BCUT2D eigenvalue weighted by atomic mass is 79.9. The Morgan fingerprint density at radius 1 is 0.667 bits per heavy atom. The second-order valence-electron chi connectivity index (χ2n) is 11.6. The molecule has 0 radical (unpaired) electrons. The molecule has 0 aliphatic heterocycles. The van der Waals surface area contributed by atoms with Gasteiger partial charge in [-0.25, -0.2) is 0 Å². The molecule has 0 aliphatic carbocycles. The lowest BCUT2D eigenvalue weighted by Gasteiger charge is -2.21. The van der Waals surface area contributed by atoms with E-state index in [4.69, 9.17) is 0 Å². The normalized spacial score (nSPS) is 11.9. The van der Waals surface area contributed by atoms with Gasteiger partial charge in [0, 0.05) is 20.9 Å². The highest BCUT2D eigenvalue weighted by molar-refractivity contribution is 9.10. The molecular weight excluding hydrogens is 538 g/mol. The summed E-state index contributed by atoms with van der Waals surface area (Å²) in [4.78, 5) is 0. The molecule has 39 heavy (non-hydrogen) atoms. The molecule has 4 aromatic carbocycles. The third kappa shape index (κ3) is 5.82. The number of aromatic nitrogens is 1. The van der Waals surface area contributed by atoms with E-state index >= 15 is 0 Å². The van der Waals surface area contributed by atoms with Crippen molar-refractivity contribution in [1.29, 1.82) is 0 Å². The van der Waals surface area contributed by atoms with Gasteiger partial charge in [0.1, 0.15) is 0 Å². The number of nitrogens with zero attached hydrogens (tertiary/aromatic N) is 1. The van der Waals surface area contributed by atoms with Crippen molar-refractivity contribution in [2.24, 2.45) is 0 Å². The van der Waals surface area contributed by atoms with E-state index in [0.717, 1.165) is 10.9 Å². The molecule has 0 spiro atoms. The Morgan fingerprint density at radius 3 is 2.08 bits per heavy atom. The molecule has 0 fully saturated rings. The van der Waals surface area contributed by atoms with Crippen molar-refractivity contribution < 1.29 is 0 Å². The first-order valence-electron chi connectivity index (χ1n) is 15.3. The van der Waals surface area contributed by atoms with E-state index < -0.39 is 0 Å². The molecule has 0 N–H and O–H groups in total. The number of hydrogen-bond donors (Lipinski definition) is 0. The van der Waals surface area contributed by atoms with Gasteiger partial charge in [0.2, 0.25) is 0 Å². The fourth-order valence-electron chi connectivity index (χ4n) is 6.36. The summed E-state index contributed by atoms with van der Waals surface area (Å²) < 4.78 is 3.71. The zero-order chi connectivity index (χ0) is 27.4. The van der Waals surface area contributed by atoms with Crippen LogP contribution in [-0.2, 0) is 12.8 Å². The van der Waals surface area contributed by atoms with Crippen LogP contribution in [0.3, 0.4) is 0 Å². The SMILES string of the molecule is CCCCCCc1cc(-n2c3ccc(Br)cc3c3c4ccccc4ccc32)c(CCCCCC)cc1C(C)C. The largest absolute Gasteiger partial charge is 0.309 e. The first-order chi connectivity index (χ1) is 19.0. The molecule has 204 valence electrons. The Kier molecular flexibility index (Phi) is 9.13. The van der Waals surface area contributed by atoms with Crippen molar-refractivity contribution in [2.45, 2.75) is 97.8 Å². The van der Waals surface area contributed by atoms with Crippen molar-refractivity contribution in [3.05, 3.63) is 87.9 Å². The van der Waals surface area contributed by atoms with E-state index in [1.54, 1.807) is 11.1 Å². The molecule has 5 aromatic rings. The number of fused-ring (bicyclic) bond motifs is 5. The number of rotatable bonds is 12. The van der Waals surface area contributed by atoms with Crippen molar-refractivity contribution in [2.75, 3.05) is 0 Å². The molecule has 0 bridgehead atoms. The summed E-state index contributed by atoms with van der Waals surface area (Å²) in [6.07, 6.45) is 12.6. The molecule has 0 atom stereocenters. The van der Waals surface area contributed by atoms with Crippen LogP contribution in [-0.4, -0.2) is 4.57 Å². The molecule has 0 amide bonds. The molecule has 1 aromatic heterocycles. The van der Waals surface area contributed by atoms with E-state index in [2.05, 4.69) is 115 Å². The Bertz CT molecular complexity index is 1570. The summed E-state index contributed by atoms with van der Waals surface area (Å²) >= 11 is 3.78. The van der Waals surface area contributed by atoms with Crippen LogP contribution in [0.4, 0.5) is 0 Å². The number of unbranched alkanes of at least 4 members (excludes halogenated alkanes) is 6. The lowest BCUT2D eigenvalue weighted by molar-refractivity contribution is 0.657. The van der Waals surface area contributed by atoms with E-state index in [-0.39, 0.29) is 0 Å².